The van der Waals surface area contributed by atoms with Gasteiger partial charge in [-0.2, -0.15) is 0 Å². The first kappa shape index (κ1) is 33.2. The molecule has 57 heavy (non-hydrogen) atoms. The smallest absolute Gasteiger partial charge is 0.0702 e. The molecule has 0 saturated heterocycles. The highest BCUT2D eigenvalue weighted by molar-refractivity contribution is 7.26. The van der Waals surface area contributed by atoms with Gasteiger partial charge in [0, 0.05) is 36.5 Å². The molecule has 0 radical (unpaired) electrons. The molecule has 0 amide bonds. The van der Waals surface area contributed by atoms with Gasteiger partial charge in [-0.05, 0) is 76.3 Å². The van der Waals surface area contributed by atoms with Crippen molar-refractivity contribution in [1.29, 1.82) is 0 Å². The molecule has 2 aromatic heterocycles. The van der Waals surface area contributed by atoms with Crippen LogP contribution in [0.2, 0.25) is 0 Å². The molecule has 0 unspecified atom stereocenters. The van der Waals surface area contributed by atoms with E-state index in [0.717, 1.165) is 22.7 Å². The number of aromatic nitrogens is 1. The molecule has 2 heterocycles. The fourth-order valence-corrected chi connectivity index (χ4v) is 9.92. The SMILES string of the molecule is c1ccc(-c2ccccc2-c2c(-c3ccccc3)cccc2N(c2ccccc2-n2c3ccccc3c3ccccc32)c2cccc3sc4ccccc4c23)cc1. The van der Waals surface area contributed by atoms with Gasteiger partial charge in [0.1, 0.15) is 0 Å². The van der Waals surface area contributed by atoms with Crippen molar-refractivity contribution in [2.45, 2.75) is 0 Å². The van der Waals surface area contributed by atoms with Crippen LogP contribution < -0.4 is 4.90 Å². The summed E-state index contributed by atoms with van der Waals surface area (Å²) in [6.45, 7) is 0. The zero-order chi connectivity index (χ0) is 37.7. The minimum absolute atomic E-state index is 1.09. The number of hydrogen-bond donors (Lipinski definition) is 0. The van der Waals surface area contributed by atoms with Crippen LogP contribution in [-0.2, 0) is 0 Å². The summed E-state index contributed by atoms with van der Waals surface area (Å²) in [5, 5.41) is 4.99. The van der Waals surface area contributed by atoms with E-state index in [-0.39, 0.29) is 0 Å². The Morgan fingerprint density at radius 1 is 0.333 bits per heavy atom. The fourth-order valence-electron chi connectivity index (χ4n) is 8.79. The average Bonchev–Trinajstić information content (AvgIpc) is 3.84. The molecule has 0 atom stereocenters. The summed E-state index contributed by atoms with van der Waals surface area (Å²) in [6.07, 6.45) is 0. The predicted molar refractivity (Wildman–Crippen MR) is 245 cm³/mol. The van der Waals surface area contributed by atoms with Gasteiger partial charge < -0.3 is 9.47 Å². The zero-order valence-electron chi connectivity index (χ0n) is 31.1. The quantitative estimate of drug-likeness (QED) is 0.158. The third-order valence-corrected chi connectivity index (χ3v) is 12.4. The van der Waals surface area contributed by atoms with Gasteiger partial charge >= 0.3 is 0 Å². The van der Waals surface area contributed by atoms with E-state index in [2.05, 4.69) is 228 Å². The molecular formula is C54H36N2S. The third kappa shape index (κ3) is 5.47. The maximum Gasteiger partial charge on any atom is 0.0702 e. The summed E-state index contributed by atoms with van der Waals surface area (Å²) < 4.78 is 5.00. The highest BCUT2D eigenvalue weighted by Gasteiger charge is 2.27. The minimum Gasteiger partial charge on any atom is -0.307 e. The van der Waals surface area contributed by atoms with Gasteiger partial charge in [0.2, 0.25) is 0 Å². The topological polar surface area (TPSA) is 8.17 Å². The first-order valence-electron chi connectivity index (χ1n) is 19.4. The van der Waals surface area contributed by atoms with Crippen molar-refractivity contribution >= 4 is 70.4 Å². The number of fused-ring (bicyclic) bond motifs is 6. The fraction of sp³-hybridized carbons (Fsp3) is 0. The molecule has 2 nitrogen and oxygen atoms in total. The molecule has 0 fully saturated rings. The van der Waals surface area contributed by atoms with Crippen molar-refractivity contribution in [3.63, 3.8) is 0 Å². The maximum absolute atomic E-state index is 2.55. The lowest BCUT2D eigenvalue weighted by atomic mass is 9.87. The van der Waals surface area contributed by atoms with Crippen molar-refractivity contribution in [2.24, 2.45) is 0 Å². The Balaban J connectivity index is 1.30. The normalized spacial score (nSPS) is 11.5. The van der Waals surface area contributed by atoms with E-state index in [1.807, 2.05) is 11.3 Å². The summed E-state index contributed by atoms with van der Waals surface area (Å²) in [4.78, 5) is 2.55. The summed E-state index contributed by atoms with van der Waals surface area (Å²) in [5.74, 6) is 0. The molecule has 268 valence electrons. The molecule has 0 bridgehead atoms. The lowest BCUT2D eigenvalue weighted by Crippen LogP contribution is -2.15. The second-order valence-corrected chi connectivity index (χ2v) is 15.5. The van der Waals surface area contributed by atoms with Crippen LogP contribution in [0.3, 0.4) is 0 Å². The van der Waals surface area contributed by atoms with Gasteiger partial charge in [-0.3, -0.25) is 0 Å². The molecule has 0 N–H and O–H groups in total. The molecule has 3 heteroatoms. The Kier molecular flexibility index (Phi) is 8.04. The Morgan fingerprint density at radius 3 is 1.56 bits per heavy atom. The van der Waals surface area contributed by atoms with Crippen molar-refractivity contribution in [3.8, 4) is 39.1 Å². The molecule has 11 aromatic rings. The van der Waals surface area contributed by atoms with Crippen LogP contribution in [-0.4, -0.2) is 4.57 Å². The van der Waals surface area contributed by atoms with Crippen LogP contribution >= 0.6 is 11.3 Å². The summed E-state index contributed by atoms with van der Waals surface area (Å²) in [6, 6.07) is 79.5. The van der Waals surface area contributed by atoms with Gasteiger partial charge in [-0.25, -0.2) is 0 Å². The van der Waals surface area contributed by atoms with Gasteiger partial charge in [0.15, 0.2) is 0 Å². The minimum atomic E-state index is 1.09. The molecule has 0 saturated carbocycles. The van der Waals surface area contributed by atoms with Crippen LogP contribution in [0.15, 0.2) is 218 Å². The zero-order valence-corrected chi connectivity index (χ0v) is 31.9. The second-order valence-electron chi connectivity index (χ2n) is 14.4. The highest BCUT2D eigenvalue weighted by Crippen LogP contribution is 2.52. The molecule has 9 aromatic carbocycles. The Bertz CT molecular complexity index is 3190. The van der Waals surface area contributed by atoms with E-state index in [4.69, 9.17) is 0 Å². The number of thiophene rings is 1. The van der Waals surface area contributed by atoms with E-state index in [1.165, 1.54) is 75.4 Å². The Morgan fingerprint density at radius 2 is 0.825 bits per heavy atom. The molecule has 0 spiro atoms. The number of benzene rings is 9. The van der Waals surface area contributed by atoms with E-state index in [1.54, 1.807) is 0 Å². The van der Waals surface area contributed by atoms with Crippen LogP contribution in [0.25, 0.3) is 81.0 Å². The van der Waals surface area contributed by atoms with Crippen molar-refractivity contribution in [1.82, 2.24) is 4.57 Å². The van der Waals surface area contributed by atoms with E-state index < -0.39 is 0 Å². The summed E-state index contributed by atoms with van der Waals surface area (Å²) >= 11 is 1.86. The van der Waals surface area contributed by atoms with Gasteiger partial charge in [0.05, 0.1) is 33.8 Å². The van der Waals surface area contributed by atoms with Crippen molar-refractivity contribution in [2.75, 3.05) is 4.90 Å². The van der Waals surface area contributed by atoms with Crippen molar-refractivity contribution < 1.29 is 0 Å². The van der Waals surface area contributed by atoms with Gasteiger partial charge in [-0.1, -0.05) is 170 Å². The highest BCUT2D eigenvalue weighted by atomic mass is 32.1. The maximum atomic E-state index is 2.55. The standard InChI is InChI=1S/C54H36N2S/c1-3-19-37(20-4-1)39-23-7-8-26-43(39)53-40(38-21-5-2-6-22-38)28-17-33-49(53)56(50-34-18-36-52-54(50)44-27-11-16-35-51(44)57-52)48-32-15-14-31-47(48)55-45-29-12-9-24-41(45)42-25-10-13-30-46(42)55/h1-36H. The number of nitrogens with zero attached hydrogens (tertiary/aromatic N) is 2. The van der Waals surface area contributed by atoms with E-state index in [0.29, 0.717) is 0 Å². The van der Waals surface area contributed by atoms with E-state index in [9.17, 15) is 0 Å². The molecular weight excluding hydrogens is 709 g/mol. The van der Waals surface area contributed by atoms with Crippen molar-refractivity contribution in [3.05, 3.63) is 218 Å². The van der Waals surface area contributed by atoms with Crippen LogP contribution in [0.1, 0.15) is 0 Å². The summed E-state index contributed by atoms with van der Waals surface area (Å²) in [7, 11) is 0. The summed E-state index contributed by atoms with van der Waals surface area (Å²) in [5.41, 5.74) is 13.9. The molecule has 0 aliphatic carbocycles. The first-order valence-corrected chi connectivity index (χ1v) is 20.3. The number of rotatable bonds is 7. The Hall–Kier alpha value is -7.20. The average molecular weight is 745 g/mol. The van der Waals surface area contributed by atoms with Crippen LogP contribution in [0, 0.1) is 0 Å². The molecule has 11 rings (SSSR count). The lowest BCUT2D eigenvalue weighted by molar-refractivity contribution is 1.15. The first-order chi connectivity index (χ1) is 28.3. The van der Waals surface area contributed by atoms with Gasteiger partial charge in [-0.15, -0.1) is 11.3 Å². The van der Waals surface area contributed by atoms with Gasteiger partial charge in [0.25, 0.3) is 0 Å². The molecule has 0 aliphatic heterocycles. The number of anilines is 3. The van der Waals surface area contributed by atoms with Crippen LogP contribution in [0.4, 0.5) is 17.1 Å². The Labute approximate surface area is 335 Å². The monoisotopic (exact) mass is 744 g/mol. The largest absolute Gasteiger partial charge is 0.307 e. The third-order valence-electron chi connectivity index (χ3n) is 11.2. The van der Waals surface area contributed by atoms with E-state index >= 15 is 0 Å². The predicted octanol–water partition coefficient (Wildman–Crippen LogP) is 15.6. The number of para-hydroxylation sites is 4. The molecule has 0 aliphatic rings. The second kappa shape index (κ2) is 13.8. The lowest BCUT2D eigenvalue weighted by Gasteiger charge is -2.32. The number of hydrogen-bond acceptors (Lipinski definition) is 2. The van der Waals surface area contributed by atoms with Crippen LogP contribution in [0.5, 0.6) is 0 Å².